The van der Waals surface area contributed by atoms with Crippen LogP contribution in [0.2, 0.25) is 0 Å². The van der Waals surface area contributed by atoms with Crippen LogP contribution >= 0.6 is 11.3 Å². The van der Waals surface area contributed by atoms with Crippen LogP contribution in [0.3, 0.4) is 0 Å². The molecule has 0 aromatic carbocycles. The highest BCUT2D eigenvalue weighted by molar-refractivity contribution is 7.08. The van der Waals surface area contributed by atoms with Crippen molar-refractivity contribution in [1.82, 2.24) is 4.90 Å². The summed E-state index contributed by atoms with van der Waals surface area (Å²) >= 11 is 1.65. The molecule has 0 N–H and O–H groups in total. The third-order valence-corrected chi connectivity index (χ3v) is 4.13. The third kappa shape index (κ3) is 3.43. The number of thiophene rings is 1. The second kappa shape index (κ2) is 6.01. The highest BCUT2D eigenvalue weighted by atomic mass is 32.1. The monoisotopic (exact) mass is 249 g/mol. The summed E-state index contributed by atoms with van der Waals surface area (Å²) < 4.78 is 0. The Morgan fingerprint density at radius 3 is 2.82 bits per heavy atom. The number of likely N-dealkylation sites (N-methyl/N-ethyl adjacent to an activating group) is 1. The van der Waals surface area contributed by atoms with Gasteiger partial charge in [-0.1, -0.05) is 19.3 Å². The Balaban J connectivity index is 1.90. The van der Waals surface area contributed by atoms with E-state index in [1.165, 1.54) is 19.3 Å². The quantitative estimate of drug-likeness (QED) is 0.750. The molecule has 0 spiro atoms. The minimum absolute atomic E-state index is 0.128. The number of carbonyl (C=O) groups is 1. The van der Waals surface area contributed by atoms with E-state index in [2.05, 4.69) is 0 Å². The van der Waals surface area contributed by atoms with Crippen LogP contribution in [0.25, 0.3) is 6.08 Å². The summed E-state index contributed by atoms with van der Waals surface area (Å²) in [4.78, 5) is 13.9. The van der Waals surface area contributed by atoms with Gasteiger partial charge >= 0.3 is 0 Å². The van der Waals surface area contributed by atoms with Crippen molar-refractivity contribution in [2.24, 2.45) is 0 Å². The van der Waals surface area contributed by atoms with Gasteiger partial charge in [0.2, 0.25) is 5.91 Å². The lowest BCUT2D eigenvalue weighted by Crippen LogP contribution is -2.37. The van der Waals surface area contributed by atoms with E-state index in [1.807, 2.05) is 34.9 Å². The van der Waals surface area contributed by atoms with Gasteiger partial charge in [-0.25, -0.2) is 0 Å². The van der Waals surface area contributed by atoms with Gasteiger partial charge in [-0.2, -0.15) is 11.3 Å². The Kier molecular flexibility index (Phi) is 4.37. The van der Waals surface area contributed by atoms with Gasteiger partial charge in [0.15, 0.2) is 0 Å². The molecule has 2 rings (SSSR count). The fourth-order valence-corrected chi connectivity index (χ4v) is 2.93. The van der Waals surface area contributed by atoms with Gasteiger partial charge in [-0.15, -0.1) is 0 Å². The summed E-state index contributed by atoms with van der Waals surface area (Å²) in [5.74, 6) is 0.128. The average Bonchev–Trinajstić information content (AvgIpc) is 2.89. The van der Waals surface area contributed by atoms with Crippen molar-refractivity contribution in [2.75, 3.05) is 7.05 Å². The van der Waals surface area contributed by atoms with Gasteiger partial charge in [0.25, 0.3) is 0 Å². The Hall–Kier alpha value is -1.09. The number of amides is 1. The predicted octanol–water partition coefficient (Wildman–Crippen LogP) is 3.55. The molecule has 0 radical (unpaired) electrons. The zero-order valence-corrected chi connectivity index (χ0v) is 11.1. The Morgan fingerprint density at radius 2 is 2.18 bits per heavy atom. The predicted molar refractivity (Wildman–Crippen MR) is 73.0 cm³/mol. The zero-order valence-electron chi connectivity index (χ0n) is 10.3. The van der Waals surface area contributed by atoms with Crippen LogP contribution in [-0.4, -0.2) is 23.9 Å². The van der Waals surface area contributed by atoms with Crippen molar-refractivity contribution in [1.29, 1.82) is 0 Å². The SMILES string of the molecule is CN(C(=O)/C=C/c1ccsc1)C1CCCCC1. The van der Waals surface area contributed by atoms with Crippen LogP contribution in [0.15, 0.2) is 22.9 Å². The molecule has 1 heterocycles. The summed E-state index contributed by atoms with van der Waals surface area (Å²) in [6.07, 6.45) is 9.76. The first-order valence-electron chi connectivity index (χ1n) is 6.24. The van der Waals surface area contributed by atoms with Crippen LogP contribution in [0, 0.1) is 0 Å². The lowest BCUT2D eigenvalue weighted by atomic mass is 9.94. The molecule has 1 saturated carbocycles. The van der Waals surface area contributed by atoms with Crippen LogP contribution in [0.4, 0.5) is 0 Å². The van der Waals surface area contributed by atoms with Gasteiger partial charge in [-0.05, 0) is 41.3 Å². The van der Waals surface area contributed by atoms with E-state index >= 15 is 0 Å². The highest BCUT2D eigenvalue weighted by Crippen LogP contribution is 2.21. The molecule has 1 aromatic heterocycles. The van der Waals surface area contributed by atoms with Crippen molar-refractivity contribution in [2.45, 2.75) is 38.1 Å². The van der Waals surface area contributed by atoms with Crippen LogP contribution in [0.5, 0.6) is 0 Å². The molecule has 17 heavy (non-hydrogen) atoms. The van der Waals surface area contributed by atoms with Gasteiger partial charge in [0.1, 0.15) is 0 Å². The zero-order chi connectivity index (χ0) is 12.1. The van der Waals surface area contributed by atoms with Crippen LogP contribution < -0.4 is 0 Å². The molecule has 0 atom stereocenters. The Labute approximate surface area is 107 Å². The Morgan fingerprint density at radius 1 is 1.41 bits per heavy atom. The number of carbonyl (C=O) groups excluding carboxylic acids is 1. The average molecular weight is 249 g/mol. The second-order valence-corrected chi connectivity index (χ2v) is 5.41. The molecule has 0 aliphatic heterocycles. The molecule has 1 fully saturated rings. The van der Waals surface area contributed by atoms with Crippen LogP contribution in [-0.2, 0) is 4.79 Å². The van der Waals surface area contributed by atoms with Crippen molar-refractivity contribution in [3.63, 3.8) is 0 Å². The van der Waals surface area contributed by atoms with Crippen molar-refractivity contribution >= 4 is 23.3 Å². The fourth-order valence-electron chi connectivity index (χ4n) is 2.30. The summed E-state index contributed by atoms with van der Waals surface area (Å²) in [6, 6.07) is 2.47. The van der Waals surface area contributed by atoms with E-state index in [-0.39, 0.29) is 5.91 Å². The molecule has 3 heteroatoms. The third-order valence-electron chi connectivity index (χ3n) is 3.43. The fraction of sp³-hybridized carbons (Fsp3) is 0.500. The highest BCUT2D eigenvalue weighted by Gasteiger charge is 2.20. The van der Waals surface area contributed by atoms with E-state index < -0.39 is 0 Å². The van der Waals surface area contributed by atoms with Gasteiger partial charge in [0.05, 0.1) is 0 Å². The molecule has 0 unspecified atom stereocenters. The lowest BCUT2D eigenvalue weighted by molar-refractivity contribution is -0.127. The maximum atomic E-state index is 12.0. The number of rotatable bonds is 3. The molecule has 1 aromatic rings. The minimum atomic E-state index is 0.128. The van der Waals surface area contributed by atoms with E-state index in [9.17, 15) is 4.79 Å². The Bertz CT molecular complexity index is 377. The van der Waals surface area contributed by atoms with E-state index in [1.54, 1.807) is 17.4 Å². The molecule has 1 amide bonds. The smallest absolute Gasteiger partial charge is 0.246 e. The summed E-state index contributed by atoms with van der Waals surface area (Å²) in [7, 11) is 1.93. The molecule has 1 aliphatic rings. The topological polar surface area (TPSA) is 20.3 Å². The maximum Gasteiger partial charge on any atom is 0.246 e. The largest absolute Gasteiger partial charge is 0.339 e. The van der Waals surface area contributed by atoms with Crippen molar-refractivity contribution in [3.05, 3.63) is 28.5 Å². The van der Waals surface area contributed by atoms with E-state index in [0.717, 1.165) is 18.4 Å². The first kappa shape index (κ1) is 12.4. The molecular formula is C14H19NOS. The molecule has 1 aliphatic carbocycles. The molecule has 92 valence electrons. The van der Waals surface area contributed by atoms with Gasteiger partial charge in [-0.3, -0.25) is 4.79 Å². The van der Waals surface area contributed by atoms with E-state index in [4.69, 9.17) is 0 Å². The molecule has 0 bridgehead atoms. The summed E-state index contributed by atoms with van der Waals surface area (Å²) in [5, 5.41) is 4.07. The number of hydrogen-bond acceptors (Lipinski definition) is 2. The number of hydrogen-bond donors (Lipinski definition) is 0. The lowest BCUT2D eigenvalue weighted by Gasteiger charge is -2.30. The second-order valence-electron chi connectivity index (χ2n) is 4.63. The molecule has 0 saturated heterocycles. The first-order chi connectivity index (χ1) is 8.27. The molecular weight excluding hydrogens is 230 g/mol. The minimum Gasteiger partial charge on any atom is -0.339 e. The van der Waals surface area contributed by atoms with Crippen molar-refractivity contribution in [3.8, 4) is 0 Å². The standard InChI is InChI=1S/C14H19NOS/c1-15(13-5-3-2-4-6-13)14(16)8-7-12-9-10-17-11-12/h7-11,13H,2-6H2,1H3/b8-7+. The van der Waals surface area contributed by atoms with Gasteiger partial charge < -0.3 is 4.90 Å². The van der Waals surface area contributed by atoms with Gasteiger partial charge in [0, 0.05) is 19.2 Å². The van der Waals surface area contributed by atoms with Crippen molar-refractivity contribution < 1.29 is 4.79 Å². The number of nitrogens with zero attached hydrogens (tertiary/aromatic N) is 1. The van der Waals surface area contributed by atoms with E-state index in [0.29, 0.717) is 6.04 Å². The van der Waals surface area contributed by atoms with Crippen LogP contribution in [0.1, 0.15) is 37.7 Å². The normalized spacial score (nSPS) is 17.5. The molecule has 2 nitrogen and oxygen atoms in total. The maximum absolute atomic E-state index is 12.0. The summed E-state index contributed by atoms with van der Waals surface area (Å²) in [6.45, 7) is 0. The first-order valence-corrected chi connectivity index (χ1v) is 7.19. The summed E-state index contributed by atoms with van der Waals surface area (Å²) in [5.41, 5.74) is 1.11.